The molecule has 2 N–H and O–H groups in total. The van der Waals surface area contributed by atoms with E-state index in [4.69, 9.17) is 0 Å². The van der Waals surface area contributed by atoms with Crippen LogP contribution in [0, 0.1) is 0 Å². The molecule has 0 aromatic heterocycles. The van der Waals surface area contributed by atoms with Crippen molar-refractivity contribution in [1.29, 1.82) is 0 Å². The van der Waals surface area contributed by atoms with Crippen LogP contribution in [0.25, 0.3) is 0 Å². The van der Waals surface area contributed by atoms with E-state index in [2.05, 4.69) is 31.0 Å². The Morgan fingerprint density at radius 2 is 1.85 bits per heavy atom. The van der Waals surface area contributed by atoms with E-state index in [1.54, 1.807) is 0 Å². The van der Waals surface area contributed by atoms with Gasteiger partial charge in [-0.05, 0) is 25.6 Å². The zero-order valence-corrected chi connectivity index (χ0v) is 12.7. The Balaban J connectivity index is 2.54. The fraction of sp³-hybridized carbons (Fsp3) is 0.562. The monoisotopic (exact) mass is 278 g/mol. The minimum absolute atomic E-state index is 0.278. The largest absolute Gasteiger partial charge is 0.481 e. The summed E-state index contributed by atoms with van der Waals surface area (Å²) in [5, 5.41) is 12.7. The second kappa shape index (κ2) is 8.72. The summed E-state index contributed by atoms with van der Waals surface area (Å²) in [7, 11) is 0. The Hall–Kier alpha value is -1.39. The molecular formula is C16H26N2O2. The molecule has 1 aromatic rings. The molecule has 0 saturated carbocycles. The highest BCUT2D eigenvalue weighted by Crippen LogP contribution is 2.15. The van der Waals surface area contributed by atoms with Crippen LogP contribution in [0.3, 0.4) is 0 Å². The number of likely N-dealkylation sites (N-methyl/N-ethyl adjacent to an activating group) is 1. The molecule has 0 bridgehead atoms. The summed E-state index contributed by atoms with van der Waals surface area (Å²) in [5.41, 5.74) is 0.850. The van der Waals surface area contributed by atoms with Gasteiger partial charge in [-0.15, -0.1) is 0 Å². The van der Waals surface area contributed by atoms with Crippen molar-refractivity contribution in [3.05, 3.63) is 35.9 Å². The molecule has 2 atom stereocenters. The first-order valence-corrected chi connectivity index (χ1v) is 7.31. The molecule has 1 rings (SSSR count). The number of rotatable bonds is 9. The van der Waals surface area contributed by atoms with Crippen LogP contribution in [0.1, 0.15) is 32.3 Å². The van der Waals surface area contributed by atoms with E-state index in [0.717, 1.165) is 25.2 Å². The Labute approximate surface area is 121 Å². The molecule has 0 spiro atoms. The van der Waals surface area contributed by atoms with Crippen molar-refractivity contribution >= 4 is 5.97 Å². The summed E-state index contributed by atoms with van der Waals surface area (Å²) < 4.78 is 0. The van der Waals surface area contributed by atoms with Gasteiger partial charge in [0.15, 0.2) is 0 Å². The molecule has 0 heterocycles. The lowest BCUT2D eigenvalue weighted by Gasteiger charge is -2.24. The van der Waals surface area contributed by atoms with Gasteiger partial charge in [0, 0.05) is 19.1 Å². The third-order valence-electron chi connectivity index (χ3n) is 3.60. The lowest BCUT2D eigenvalue weighted by molar-refractivity contribution is -0.138. The van der Waals surface area contributed by atoms with Gasteiger partial charge in [-0.3, -0.25) is 4.79 Å². The van der Waals surface area contributed by atoms with E-state index in [9.17, 15) is 9.90 Å². The lowest BCUT2D eigenvalue weighted by atomic mass is 9.99. The molecule has 4 nitrogen and oxygen atoms in total. The van der Waals surface area contributed by atoms with E-state index in [1.165, 1.54) is 0 Å². The average Bonchev–Trinajstić information content (AvgIpc) is 2.45. The zero-order chi connectivity index (χ0) is 15.0. The summed E-state index contributed by atoms with van der Waals surface area (Å²) in [5.74, 6) is -1.27. The molecule has 0 aliphatic carbocycles. The van der Waals surface area contributed by atoms with Crippen LogP contribution in [0.4, 0.5) is 0 Å². The standard InChI is InChI=1S/C16H26N2O2/c1-4-18(5-2)12-13(3)17-11-15(16(19)20)14-9-7-6-8-10-14/h6-10,13,15,17H,4-5,11-12H2,1-3H3,(H,19,20). The number of hydrogen-bond donors (Lipinski definition) is 2. The van der Waals surface area contributed by atoms with Crippen LogP contribution in [0.2, 0.25) is 0 Å². The summed E-state index contributed by atoms with van der Waals surface area (Å²) in [6, 6.07) is 9.68. The quantitative estimate of drug-likeness (QED) is 0.727. The summed E-state index contributed by atoms with van der Waals surface area (Å²) in [6.45, 7) is 9.81. The predicted octanol–water partition coefficient (Wildman–Crippen LogP) is 2.17. The zero-order valence-electron chi connectivity index (χ0n) is 12.7. The third kappa shape index (κ3) is 5.31. The fourth-order valence-electron chi connectivity index (χ4n) is 2.29. The number of nitrogens with one attached hydrogen (secondary N) is 1. The molecular weight excluding hydrogens is 252 g/mol. The minimum Gasteiger partial charge on any atom is -0.481 e. The van der Waals surface area contributed by atoms with Crippen LogP contribution in [-0.2, 0) is 4.79 Å². The van der Waals surface area contributed by atoms with E-state index in [0.29, 0.717) is 6.54 Å². The number of carboxylic acids is 1. The van der Waals surface area contributed by atoms with Crippen LogP contribution < -0.4 is 5.32 Å². The highest BCUT2D eigenvalue weighted by atomic mass is 16.4. The minimum atomic E-state index is -0.779. The Morgan fingerprint density at radius 1 is 1.25 bits per heavy atom. The first kappa shape index (κ1) is 16.7. The molecule has 0 saturated heterocycles. The van der Waals surface area contributed by atoms with Gasteiger partial charge in [-0.25, -0.2) is 0 Å². The van der Waals surface area contributed by atoms with Crippen molar-refractivity contribution in [3.63, 3.8) is 0 Å². The fourth-order valence-corrected chi connectivity index (χ4v) is 2.29. The Bertz CT molecular complexity index is 391. The molecule has 0 amide bonds. The van der Waals surface area contributed by atoms with E-state index in [1.807, 2.05) is 30.3 Å². The van der Waals surface area contributed by atoms with Gasteiger partial charge in [0.2, 0.25) is 0 Å². The van der Waals surface area contributed by atoms with E-state index in [-0.39, 0.29) is 6.04 Å². The van der Waals surface area contributed by atoms with Crippen LogP contribution in [0.5, 0.6) is 0 Å². The van der Waals surface area contributed by atoms with Gasteiger partial charge < -0.3 is 15.3 Å². The number of hydrogen-bond acceptors (Lipinski definition) is 3. The molecule has 4 heteroatoms. The maximum absolute atomic E-state index is 11.4. The summed E-state index contributed by atoms with van der Waals surface area (Å²) >= 11 is 0. The highest BCUT2D eigenvalue weighted by Gasteiger charge is 2.20. The molecule has 0 fully saturated rings. The summed E-state index contributed by atoms with van der Waals surface area (Å²) in [6.07, 6.45) is 0. The van der Waals surface area contributed by atoms with Gasteiger partial charge in [-0.2, -0.15) is 0 Å². The van der Waals surface area contributed by atoms with E-state index < -0.39 is 11.9 Å². The van der Waals surface area contributed by atoms with Gasteiger partial charge in [-0.1, -0.05) is 44.2 Å². The smallest absolute Gasteiger partial charge is 0.312 e. The Kier molecular flexibility index (Phi) is 7.26. The number of aliphatic carboxylic acids is 1. The molecule has 20 heavy (non-hydrogen) atoms. The van der Waals surface area contributed by atoms with Crippen molar-refractivity contribution in [1.82, 2.24) is 10.2 Å². The second-order valence-electron chi connectivity index (χ2n) is 5.10. The topological polar surface area (TPSA) is 52.6 Å². The van der Waals surface area contributed by atoms with Crippen LogP contribution in [0.15, 0.2) is 30.3 Å². The number of benzene rings is 1. The maximum Gasteiger partial charge on any atom is 0.312 e. The predicted molar refractivity (Wildman–Crippen MR) is 82.1 cm³/mol. The van der Waals surface area contributed by atoms with E-state index >= 15 is 0 Å². The first-order chi connectivity index (χ1) is 9.58. The number of carboxylic acid groups (broad SMARTS) is 1. The maximum atomic E-state index is 11.4. The molecule has 2 unspecified atom stereocenters. The van der Waals surface area contributed by atoms with Gasteiger partial charge in [0.25, 0.3) is 0 Å². The van der Waals surface area contributed by atoms with Gasteiger partial charge in [0.05, 0.1) is 5.92 Å². The molecule has 0 aliphatic rings. The average molecular weight is 278 g/mol. The molecule has 0 radical (unpaired) electrons. The number of nitrogens with zero attached hydrogens (tertiary/aromatic N) is 1. The van der Waals surface area contributed by atoms with Gasteiger partial charge >= 0.3 is 5.97 Å². The van der Waals surface area contributed by atoms with Crippen LogP contribution in [-0.4, -0.2) is 48.2 Å². The van der Waals surface area contributed by atoms with Crippen molar-refractivity contribution < 1.29 is 9.90 Å². The summed E-state index contributed by atoms with van der Waals surface area (Å²) in [4.78, 5) is 13.7. The van der Waals surface area contributed by atoms with Crippen molar-refractivity contribution in [2.45, 2.75) is 32.7 Å². The molecule has 1 aromatic carbocycles. The molecule has 112 valence electrons. The van der Waals surface area contributed by atoms with Gasteiger partial charge in [0.1, 0.15) is 0 Å². The highest BCUT2D eigenvalue weighted by molar-refractivity contribution is 5.76. The lowest BCUT2D eigenvalue weighted by Crippen LogP contribution is -2.41. The van der Waals surface area contributed by atoms with Crippen molar-refractivity contribution in [3.8, 4) is 0 Å². The number of carbonyl (C=O) groups is 1. The normalized spacial score (nSPS) is 14.2. The van der Waals surface area contributed by atoms with Crippen molar-refractivity contribution in [2.75, 3.05) is 26.2 Å². The SMILES string of the molecule is CCN(CC)CC(C)NCC(C(=O)O)c1ccccc1. The van der Waals surface area contributed by atoms with Crippen molar-refractivity contribution in [2.24, 2.45) is 0 Å². The van der Waals surface area contributed by atoms with Crippen LogP contribution >= 0.6 is 0 Å². The molecule has 0 aliphatic heterocycles. The first-order valence-electron chi connectivity index (χ1n) is 7.31. The third-order valence-corrected chi connectivity index (χ3v) is 3.60. The Morgan fingerprint density at radius 3 is 2.35 bits per heavy atom. The second-order valence-corrected chi connectivity index (χ2v) is 5.10.